The van der Waals surface area contributed by atoms with Crippen molar-refractivity contribution in [2.75, 3.05) is 0 Å². The van der Waals surface area contributed by atoms with E-state index in [4.69, 9.17) is 4.42 Å². The highest BCUT2D eigenvalue weighted by molar-refractivity contribution is 6.29. The Morgan fingerprint density at radius 3 is 1.69 bits per heavy atom. The molecule has 0 unspecified atom stereocenters. The average Bonchev–Trinajstić information content (AvgIpc) is 3.74. The van der Waals surface area contributed by atoms with Gasteiger partial charge >= 0.3 is 0 Å². The fraction of sp³-hybridized carbons (Fsp3) is 0. The van der Waals surface area contributed by atoms with Crippen molar-refractivity contribution in [1.29, 1.82) is 0 Å². The molecule has 0 aliphatic carbocycles. The van der Waals surface area contributed by atoms with Crippen molar-refractivity contribution in [2.24, 2.45) is 0 Å². The Hall–Kier alpha value is -6.90. The highest BCUT2D eigenvalue weighted by Crippen LogP contribution is 2.48. The van der Waals surface area contributed by atoms with Gasteiger partial charge in [-0.1, -0.05) is 127 Å². The molecule has 240 valence electrons. The third-order valence-electron chi connectivity index (χ3n) is 11.3. The van der Waals surface area contributed by atoms with E-state index in [0.29, 0.717) is 0 Å². The molecule has 0 spiro atoms. The normalized spacial score (nSPS) is 12.2. The summed E-state index contributed by atoms with van der Waals surface area (Å²) in [5.41, 5.74) is 10.4. The van der Waals surface area contributed by atoms with Crippen LogP contribution in [0.5, 0.6) is 0 Å². The number of fused-ring (bicyclic) bond motifs is 6. The van der Waals surface area contributed by atoms with Gasteiger partial charge in [-0.25, -0.2) is 0 Å². The van der Waals surface area contributed by atoms with Crippen molar-refractivity contribution in [2.45, 2.75) is 0 Å². The van der Waals surface area contributed by atoms with E-state index < -0.39 is 0 Å². The third kappa shape index (κ3) is 3.73. The lowest BCUT2D eigenvalue weighted by Gasteiger charge is -2.19. The fourth-order valence-electron chi connectivity index (χ4n) is 9.14. The Bertz CT molecular complexity index is 3360. The molecular formula is C50H29NO. The molecular weight excluding hydrogens is 631 g/mol. The molecule has 0 fully saturated rings. The topological polar surface area (TPSA) is 18.1 Å². The van der Waals surface area contributed by atoms with E-state index >= 15 is 0 Å². The zero-order valence-corrected chi connectivity index (χ0v) is 28.1. The van der Waals surface area contributed by atoms with Gasteiger partial charge in [-0.2, -0.15) is 0 Å². The number of rotatable bonds is 3. The molecule has 2 heterocycles. The Labute approximate surface area is 298 Å². The van der Waals surface area contributed by atoms with Crippen LogP contribution < -0.4 is 0 Å². The van der Waals surface area contributed by atoms with Gasteiger partial charge in [0, 0.05) is 27.2 Å². The molecule has 0 amide bonds. The summed E-state index contributed by atoms with van der Waals surface area (Å²) in [6, 6.07) is 64.4. The number of nitrogens with zero attached hydrogens (tertiary/aromatic N) is 1. The molecule has 12 rings (SSSR count). The molecule has 52 heavy (non-hydrogen) atoms. The minimum absolute atomic E-state index is 0.936. The second-order valence-electron chi connectivity index (χ2n) is 14.0. The van der Waals surface area contributed by atoms with Gasteiger partial charge in [0.1, 0.15) is 11.2 Å². The summed E-state index contributed by atoms with van der Waals surface area (Å²) in [7, 11) is 0. The summed E-state index contributed by atoms with van der Waals surface area (Å²) in [5, 5.41) is 14.8. The maximum absolute atomic E-state index is 6.37. The summed E-state index contributed by atoms with van der Waals surface area (Å²) in [6.45, 7) is 0. The fourth-order valence-corrected chi connectivity index (χ4v) is 9.14. The molecule has 2 aromatic heterocycles. The number of para-hydroxylation sites is 1. The minimum Gasteiger partial charge on any atom is -0.456 e. The highest BCUT2D eigenvalue weighted by atomic mass is 16.3. The van der Waals surface area contributed by atoms with Crippen LogP contribution in [0, 0.1) is 0 Å². The first kappa shape index (κ1) is 27.9. The maximum Gasteiger partial charge on any atom is 0.136 e. The van der Waals surface area contributed by atoms with E-state index in [2.05, 4.69) is 180 Å². The van der Waals surface area contributed by atoms with Crippen molar-refractivity contribution in [3.8, 4) is 27.9 Å². The van der Waals surface area contributed by atoms with Gasteiger partial charge in [0.2, 0.25) is 0 Å². The van der Waals surface area contributed by atoms with Gasteiger partial charge in [0.15, 0.2) is 0 Å². The van der Waals surface area contributed by atoms with Gasteiger partial charge in [-0.3, -0.25) is 0 Å². The predicted octanol–water partition coefficient (Wildman–Crippen LogP) is 14.1. The zero-order chi connectivity index (χ0) is 33.9. The number of hydrogen-bond acceptors (Lipinski definition) is 1. The number of hydrogen-bond donors (Lipinski definition) is 0. The molecule has 0 aliphatic heterocycles. The number of furan rings is 1. The van der Waals surface area contributed by atoms with Crippen molar-refractivity contribution < 1.29 is 4.42 Å². The van der Waals surface area contributed by atoms with E-state index in [-0.39, 0.29) is 0 Å². The Kier molecular flexibility index (Phi) is 5.53. The molecule has 10 aromatic carbocycles. The average molecular weight is 660 g/mol. The van der Waals surface area contributed by atoms with Crippen LogP contribution >= 0.6 is 0 Å². The lowest BCUT2D eigenvalue weighted by atomic mass is 9.84. The molecule has 0 radical (unpaired) electrons. The SMILES string of the molecule is c1cc(-c2c3ccccc3c(-c3cc4cccc5oc6cccc3c6c45)c3ccccc23)cc(-n2c3ccccc3c3cc4ccccc4cc32)c1. The molecule has 12 aromatic rings. The predicted molar refractivity (Wildman–Crippen MR) is 220 cm³/mol. The summed E-state index contributed by atoms with van der Waals surface area (Å²) >= 11 is 0. The second kappa shape index (κ2) is 10.3. The van der Waals surface area contributed by atoms with Crippen molar-refractivity contribution in [3.05, 3.63) is 176 Å². The molecule has 0 atom stereocenters. The maximum atomic E-state index is 6.37. The lowest BCUT2D eigenvalue weighted by molar-refractivity contribution is 0.669. The Balaban J connectivity index is 1.16. The highest BCUT2D eigenvalue weighted by Gasteiger charge is 2.22. The van der Waals surface area contributed by atoms with Gasteiger partial charge in [-0.05, 0) is 114 Å². The van der Waals surface area contributed by atoms with Gasteiger partial charge < -0.3 is 8.98 Å². The van der Waals surface area contributed by atoms with Gasteiger partial charge in [0.05, 0.1) is 11.0 Å². The second-order valence-corrected chi connectivity index (χ2v) is 14.0. The summed E-state index contributed by atoms with van der Waals surface area (Å²) < 4.78 is 8.81. The first-order chi connectivity index (χ1) is 25.8. The molecule has 0 aliphatic rings. The summed E-state index contributed by atoms with van der Waals surface area (Å²) in [4.78, 5) is 0. The summed E-state index contributed by atoms with van der Waals surface area (Å²) in [6.07, 6.45) is 0. The zero-order valence-electron chi connectivity index (χ0n) is 28.1. The van der Waals surface area contributed by atoms with Gasteiger partial charge in [0.25, 0.3) is 0 Å². The van der Waals surface area contributed by atoms with E-state index in [9.17, 15) is 0 Å². The van der Waals surface area contributed by atoms with Crippen LogP contribution in [-0.4, -0.2) is 4.57 Å². The molecule has 0 N–H and O–H groups in total. The first-order valence-electron chi connectivity index (χ1n) is 17.9. The standard InChI is InChI=1S/C50H29NO/c1-2-13-31-29-44-41(27-30(31)12-1)35-17-7-8-23-43(35)51(44)34-16-9-14-32(26-34)47-36-18-3-5-20-38(36)49(39-21-6-4-19-37(39)47)42-28-33-15-10-24-45-48(33)50-40(42)22-11-25-46(50)52-45/h1-29H. The largest absolute Gasteiger partial charge is 0.456 e. The Morgan fingerprint density at radius 1 is 0.346 bits per heavy atom. The number of benzene rings is 10. The third-order valence-corrected chi connectivity index (χ3v) is 11.3. The molecule has 0 saturated heterocycles. The molecule has 0 bridgehead atoms. The lowest BCUT2D eigenvalue weighted by Crippen LogP contribution is -1.96. The molecule has 2 nitrogen and oxygen atoms in total. The van der Waals surface area contributed by atoms with Crippen LogP contribution in [0.15, 0.2) is 180 Å². The van der Waals surface area contributed by atoms with Crippen LogP contribution in [0.3, 0.4) is 0 Å². The van der Waals surface area contributed by atoms with E-state index in [0.717, 1.165) is 16.9 Å². The van der Waals surface area contributed by atoms with E-state index in [1.807, 2.05) is 0 Å². The molecule has 2 heteroatoms. The first-order valence-corrected chi connectivity index (χ1v) is 17.9. The van der Waals surface area contributed by atoms with Gasteiger partial charge in [-0.15, -0.1) is 0 Å². The van der Waals surface area contributed by atoms with Crippen molar-refractivity contribution in [3.63, 3.8) is 0 Å². The van der Waals surface area contributed by atoms with Crippen LogP contribution in [0.2, 0.25) is 0 Å². The quantitative estimate of drug-likeness (QED) is 0.136. The van der Waals surface area contributed by atoms with Crippen molar-refractivity contribution >= 4 is 86.8 Å². The van der Waals surface area contributed by atoms with E-state index in [1.54, 1.807) is 0 Å². The number of aromatic nitrogens is 1. The smallest absolute Gasteiger partial charge is 0.136 e. The van der Waals surface area contributed by atoms with Crippen LogP contribution in [0.1, 0.15) is 0 Å². The summed E-state index contributed by atoms with van der Waals surface area (Å²) in [5.74, 6) is 0. The Morgan fingerprint density at radius 2 is 0.923 bits per heavy atom. The molecule has 0 saturated carbocycles. The van der Waals surface area contributed by atoms with Crippen LogP contribution in [0.25, 0.3) is 115 Å². The van der Waals surface area contributed by atoms with E-state index in [1.165, 1.54) is 97.9 Å². The minimum atomic E-state index is 0.936. The van der Waals surface area contributed by atoms with Crippen LogP contribution in [-0.2, 0) is 0 Å². The van der Waals surface area contributed by atoms with Crippen LogP contribution in [0.4, 0.5) is 0 Å². The van der Waals surface area contributed by atoms with Crippen molar-refractivity contribution in [1.82, 2.24) is 4.57 Å². The monoisotopic (exact) mass is 659 g/mol.